The Morgan fingerprint density at radius 3 is 3.08 bits per heavy atom. The van der Waals surface area contributed by atoms with Crippen LogP contribution in [0.5, 0.6) is 5.88 Å². The highest BCUT2D eigenvalue weighted by molar-refractivity contribution is 6.30. The summed E-state index contributed by atoms with van der Waals surface area (Å²) < 4.78 is 4.93. The van der Waals surface area contributed by atoms with Crippen molar-refractivity contribution in [1.82, 2.24) is 4.98 Å². The van der Waals surface area contributed by atoms with Crippen LogP contribution in [0.4, 0.5) is 0 Å². The van der Waals surface area contributed by atoms with Gasteiger partial charge in [0.15, 0.2) is 0 Å². The second kappa shape index (κ2) is 3.93. The van der Waals surface area contributed by atoms with E-state index in [2.05, 4.69) is 4.98 Å². The van der Waals surface area contributed by atoms with E-state index in [1.165, 1.54) is 13.3 Å². The second-order valence-corrected chi connectivity index (χ2v) is 2.59. The maximum Gasteiger partial charge on any atom is 0.217 e. The minimum atomic E-state index is 0.261. The molecular weight excluding hydrogens is 176 g/mol. The Kier molecular flexibility index (Phi) is 2.89. The molecule has 1 heterocycles. The van der Waals surface area contributed by atoms with E-state index in [-0.39, 0.29) is 6.42 Å². The lowest BCUT2D eigenvalue weighted by Gasteiger charge is -2.03. The van der Waals surface area contributed by atoms with Crippen LogP contribution < -0.4 is 4.74 Å². The van der Waals surface area contributed by atoms with Gasteiger partial charge in [0.1, 0.15) is 0 Å². The van der Waals surface area contributed by atoms with Crippen LogP contribution >= 0.6 is 11.6 Å². The van der Waals surface area contributed by atoms with E-state index >= 15 is 0 Å². The molecule has 0 amide bonds. The first-order chi connectivity index (χ1) is 5.77. The number of hydrogen-bond donors (Lipinski definition) is 0. The molecule has 0 spiro atoms. The molecule has 0 atom stereocenters. The molecule has 0 saturated carbocycles. The quantitative estimate of drug-likeness (QED) is 0.701. The largest absolute Gasteiger partial charge is 0.481 e. The average Bonchev–Trinajstić information content (AvgIpc) is 2.05. The topological polar surface area (TPSA) is 45.9 Å². The third-order valence-corrected chi connectivity index (χ3v) is 1.56. The SMILES string of the molecule is COc1ncc(Cl)cc1CC#N. The molecule has 0 N–H and O–H groups in total. The van der Waals surface area contributed by atoms with Gasteiger partial charge in [0.25, 0.3) is 0 Å². The van der Waals surface area contributed by atoms with Crippen molar-refractivity contribution in [2.75, 3.05) is 7.11 Å². The molecule has 1 aromatic heterocycles. The number of halogens is 1. The highest BCUT2D eigenvalue weighted by atomic mass is 35.5. The summed E-state index contributed by atoms with van der Waals surface area (Å²) in [6, 6.07) is 3.68. The molecule has 3 nitrogen and oxygen atoms in total. The summed E-state index contributed by atoms with van der Waals surface area (Å²) in [7, 11) is 1.51. The van der Waals surface area contributed by atoms with Crippen LogP contribution in [0.3, 0.4) is 0 Å². The number of aromatic nitrogens is 1. The maximum atomic E-state index is 8.45. The molecule has 62 valence electrons. The smallest absolute Gasteiger partial charge is 0.217 e. The van der Waals surface area contributed by atoms with Crippen molar-refractivity contribution >= 4 is 11.6 Å². The maximum absolute atomic E-state index is 8.45. The first-order valence-corrected chi connectivity index (χ1v) is 3.71. The predicted molar refractivity (Wildman–Crippen MR) is 45.1 cm³/mol. The fourth-order valence-corrected chi connectivity index (χ4v) is 1.04. The van der Waals surface area contributed by atoms with Crippen molar-refractivity contribution in [2.45, 2.75) is 6.42 Å². The molecule has 1 aromatic rings. The molecule has 0 unspecified atom stereocenters. The minimum Gasteiger partial charge on any atom is -0.481 e. The molecule has 0 aliphatic heterocycles. The molecule has 0 aromatic carbocycles. The Balaban J connectivity index is 3.05. The van der Waals surface area contributed by atoms with E-state index in [4.69, 9.17) is 21.6 Å². The van der Waals surface area contributed by atoms with E-state index in [0.29, 0.717) is 16.5 Å². The van der Waals surface area contributed by atoms with E-state index < -0.39 is 0 Å². The summed E-state index contributed by atoms with van der Waals surface area (Å²) in [6.07, 6.45) is 1.75. The molecule has 0 aliphatic rings. The van der Waals surface area contributed by atoms with Gasteiger partial charge in [-0.15, -0.1) is 0 Å². The molecule has 0 saturated heterocycles. The fraction of sp³-hybridized carbons (Fsp3) is 0.250. The zero-order chi connectivity index (χ0) is 8.97. The second-order valence-electron chi connectivity index (χ2n) is 2.16. The van der Waals surface area contributed by atoms with Gasteiger partial charge in [-0.1, -0.05) is 11.6 Å². The number of ether oxygens (including phenoxy) is 1. The zero-order valence-corrected chi connectivity index (χ0v) is 7.30. The molecular formula is C8H7ClN2O. The summed E-state index contributed by atoms with van der Waals surface area (Å²) in [6.45, 7) is 0. The van der Waals surface area contributed by atoms with Crippen molar-refractivity contribution in [2.24, 2.45) is 0 Å². The third-order valence-electron chi connectivity index (χ3n) is 1.35. The van der Waals surface area contributed by atoms with Crippen molar-refractivity contribution in [1.29, 1.82) is 5.26 Å². The Morgan fingerprint density at radius 1 is 1.75 bits per heavy atom. The average molecular weight is 183 g/mol. The number of methoxy groups -OCH3 is 1. The van der Waals surface area contributed by atoms with Gasteiger partial charge in [0, 0.05) is 11.8 Å². The number of rotatable bonds is 2. The van der Waals surface area contributed by atoms with Crippen LogP contribution in [0.25, 0.3) is 0 Å². The molecule has 12 heavy (non-hydrogen) atoms. The summed E-state index contributed by atoms with van der Waals surface area (Å²) in [5.74, 6) is 0.459. The van der Waals surface area contributed by atoms with Gasteiger partial charge in [-0.05, 0) is 6.07 Å². The first kappa shape index (κ1) is 8.82. The summed E-state index contributed by atoms with van der Waals surface area (Å²) >= 11 is 5.68. The number of hydrogen-bond acceptors (Lipinski definition) is 3. The lowest BCUT2D eigenvalue weighted by molar-refractivity contribution is 0.393. The number of nitriles is 1. The van der Waals surface area contributed by atoms with Crippen LogP contribution in [0, 0.1) is 11.3 Å². The van der Waals surface area contributed by atoms with Gasteiger partial charge >= 0.3 is 0 Å². The number of pyridine rings is 1. The minimum absolute atomic E-state index is 0.261. The standard InChI is InChI=1S/C8H7ClN2O/c1-12-8-6(2-3-10)4-7(9)5-11-8/h4-5H,2H2,1H3. The van der Waals surface area contributed by atoms with Crippen LogP contribution in [-0.2, 0) is 6.42 Å². The highest BCUT2D eigenvalue weighted by Crippen LogP contribution is 2.19. The molecule has 1 rings (SSSR count). The Hall–Kier alpha value is -1.27. The summed E-state index contributed by atoms with van der Waals surface area (Å²) in [5, 5.41) is 8.97. The summed E-state index contributed by atoms with van der Waals surface area (Å²) in [4.78, 5) is 3.91. The Bertz CT molecular complexity index is 319. The monoisotopic (exact) mass is 182 g/mol. The fourth-order valence-electron chi connectivity index (χ4n) is 0.864. The van der Waals surface area contributed by atoms with Crippen LogP contribution in [0.2, 0.25) is 5.02 Å². The molecule has 0 bridgehead atoms. The molecule has 0 aliphatic carbocycles. The summed E-state index contributed by atoms with van der Waals surface area (Å²) in [5.41, 5.74) is 0.715. The third kappa shape index (κ3) is 1.86. The Labute approximate surface area is 75.6 Å². The van der Waals surface area contributed by atoms with Crippen LogP contribution in [-0.4, -0.2) is 12.1 Å². The van der Waals surface area contributed by atoms with Crippen molar-refractivity contribution in [3.63, 3.8) is 0 Å². The van der Waals surface area contributed by atoms with Gasteiger partial charge in [0.2, 0.25) is 5.88 Å². The van der Waals surface area contributed by atoms with Gasteiger partial charge in [-0.3, -0.25) is 0 Å². The molecule has 0 fully saturated rings. The normalized spacial score (nSPS) is 9.08. The van der Waals surface area contributed by atoms with E-state index in [1.54, 1.807) is 6.07 Å². The first-order valence-electron chi connectivity index (χ1n) is 3.33. The predicted octanol–water partition coefficient (Wildman–Crippen LogP) is 1.81. The molecule has 0 radical (unpaired) electrons. The van der Waals surface area contributed by atoms with Crippen LogP contribution in [0.1, 0.15) is 5.56 Å². The van der Waals surface area contributed by atoms with Crippen molar-refractivity contribution in [3.05, 3.63) is 22.8 Å². The zero-order valence-electron chi connectivity index (χ0n) is 6.54. The van der Waals surface area contributed by atoms with Crippen molar-refractivity contribution < 1.29 is 4.74 Å². The van der Waals surface area contributed by atoms with Gasteiger partial charge < -0.3 is 4.74 Å². The highest BCUT2D eigenvalue weighted by Gasteiger charge is 2.03. The number of nitrogens with zero attached hydrogens (tertiary/aromatic N) is 2. The van der Waals surface area contributed by atoms with E-state index in [0.717, 1.165) is 0 Å². The van der Waals surface area contributed by atoms with E-state index in [9.17, 15) is 0 Å². The van der Waals surface area contributed by atoms with Gasteiger partial charge in [-0.25, -0.2) is 4.98 Å². The van der Waals surface area contributed by atoms with Gasteiger partial charge in [0.05, 0.1) is 24.6 Å². The van der Waals surface area contributed by atoms with Crippen LogP contribution in [0.15, 0.2) is 12.3 Å². The van der Waals surface area contributed by atoms with Crippen molar-refractivity contribution in [3.8, 4) is 11.9 Å². The Morgan fingerprint density at radius 2 is 2.50 bits per heavy atom. The lowest BCUT2D eigenvalue weighted by Crippen LogP contribution is -1.93. The van der Waals surface area contributed by atoms with E-state index in [1.807, 2.05) is 6.07 Å². The van der Waals surface area contributed by atoms with Gasteiger partial charge in [-0.2, -0.15) is 5.26 Å². The molecule has 4 heteroatoms. The lowest BCUT2D eigenvalue weighted by atomic mass is 10.2.